The first kappa shape index (κ1) is 22.5. The van der Waals surface area contributed by atoms with Crippen LogP contribution in [0.25, 0.3) is 11.3 Å². The van der Waals surface area contributed by atoms with E-state index in [0.29, 0.717) is 12.1 Å². The normalized spacial score (nSPS) is 11.4. The zero-order chi connectivity index (χ0) is 22.6. The quantitative estimate of drug-likeness (QED) is 0.577. The molecule has 0 aliphatic carbocycles. The minimum Gasteiger partial charge on any atom is -0.484 e. The van der Waals surface area contributed by atoms with Crippen LogP contribution >= 0.6 is 0 Å². The lowest BCUT2D eigenvalue weighted by Gasteiger charge is -2.14. The van der Waals surface area contributed by atoms with Crippen molar-refractivity contribution < 1.29 is 22.3 Å². The number of halogens is 1. The van der Waals surface area contributed by atoms with E-state index < -0.39 is 15.8 Å². The van der Waals surface area contributed by atoms with Crippen molar-refractivity contribution in [2.24, 2.45) is 0 Å². The molecule has 1 heterocycles. The molecular weight excluding hydrogens is 421 g/mol. The van der Waals surface area contributed by atoms with Crippen molar-refractivity contribution in [3.63, 3.8) is 0 Å². The predicted molar refractivity (Wildman–Crippen MR) is 116 cm³/mol. The van der Waals surface area contributed by atoms with E-state index in [2.05, 4.69) is 5.32 Å². The van der Waals surface area contributed by atoms with E-state index in [1.165, 1.54) is 41.4 Å². The Balaban J connectivity index is 2.03. The number of carbonyl (C=O) groups is 1. The molecule has 2 aromatic carbocycles. The van der Waals surface area contributed by atoms with Gasteiger partial charge in [0.2, 0.25) is 0 Å². The number of benzene rings is 2. The average molecular weight is 446 g/mol. The van der Waals surface area contributed by atoms with Gasteiger partial charge >= 0.3 is 0 Å². The molecule has 1 amide bonds. The van der Waals surface area contributed by atoms with Gasteiger partial charge in [0.1, 0.15) is 11.6 Å². The number of hydrogen-bond donors (Lipinski definition) is 1. The highest BCUT2D eigenvalue weighted by atomic mass is 32.2. The molecule has 0 radical (unpaired) electrons. The molecule has 3 rings (SSSR count). The number of hydrogen-bond acceptors (Lipinski definition) is 5. The number of likely N-dealkylation sites (N-methyl/N-ethyl adjacent to an activating group) is 1. The van der Waals surface area contributed by atoms with Crippen LogP contribution in [0.15, 0.2) is 65.7 Å². The predicted octanol–water partition coefficient (Wildman–Crippen LogP) is 2.72. The molecule has 164 valence electrons. The van der Waals surface area contributed by atoms with E-state index in [0.717, 1.165) is 3.97 Å². The van der Waals surface area contributed by atoms with Gasteiger partial charge < -0.3 is 15.0 Å². The molecule has 0 atom stereocenters. The summed E-state index contributed by atoms with van der Waals surface area (Å²) in [6.07, 6.45) is 1.47. The molecule has 0 aliphatic heterocycles. The van der Waals surface area contributed by atoms with Crippen LogP contribution in [0, 0.1) is 5.82 Å². The van der Waals surface area contributed by atoms with E-state index in [-0.39, 0.29) is 34.4 Å². The lowest BCUT2D eigenvalue weighted by Crippen LogP contribution is -2.27. The highest BCUT2D eigenvalue weighted by Gasteiger charge is 2.23. The maximum Gasteiger partial charge on any atom is 0.268 e. The van der Waals surface area contributed by atoms with E-state index >= 15 is 0 Å². The molecule has 1 N–H and O–H groups in total. The van der Waals surface area contributed by atoms with Crippen LogP contribution in [-0.2, 0) is 21.4 Å². The second kappa shape index (κ2) is 9.32. The van der Waals surface area contributed by atoms with Crippen molar-refractivity contribution in [3.8, 4) is 17.0 Å². The molecule has 9 heteroatoms. The van der Waals surface area contributed by atoms with E-state index in [9.17, 15) is 17.6 Å². The number of amides is 1. The smallest absolute Gasteiger partial charge is 0.268 e. The Bertz CT molecular complexity index is 1190. The van der Waals surface area contributed by atoms with Gasteiger partial charge in [-0.15, -0.1) is 0 Å². The fraction of sp³-hybridized carbons (Fsp3) is 0.227. The third-order valence-electron chi connectivity index (χ3n) is 4.60. The maximum absolute atomic E-state index is 14.5. The van der Waals surface area contributed by atoms with Gasteiger partial charge in [0.25, 0.3) is 15.9 Å². The monoisotopic (exact) mass is 445 g/mol. The van der Waals surface area contributed by atoms with E-state index in [1.807, 2.05) is 0 Å². The second-order valence-electron chi connectivity index (χ2n) is 7.10. The van der Waals surface area contributed by atoms with Crippen LogP contribution in [0.1, 0.15) is 5.56 Å². The minimum absolute atomic E-state index is 0.0356. The summed E-state index contributed by atoms with van der Waals surface area (Å²) in [6.45, 7) is 0.201. The zero-order valence-electron chi connectivity index (χ0n) is 17.5. The first-order valence-corrected chi connectivity index (χ1v) is 11.0. The Morgan fingerprint density at radius 2 is 1.87 bits per heavy atom. The molecule has 1 aromatic heterocycles. The van der Waals surface area contributed by atoms with Crippen molar-refractivity contribution in [2.45, 2.75) is 11.4 Å². The number of carbonyl (C=O) groups excluding carboxylic acids is 1. The summed E-state index contributed by atoms with van der Waals surface area (Å²) in [5, 5.41) is 2.97. The third-order valence-corrected chi connectivity index (χ3v) is 6.27. The second-order valence-corrected chi connectivity index (χ2v) is 8.91. The van der Waals surface area contributed by atoms with E-state index in [4.69, 9.17) is 4.74 Å². The molecule has 0 aliphatic rings. The topological polar surface area (TPSA) is 80.6 Å². The van der Waals surface area contributed by atoms with Gasteiger partial charge in [-0.05, 0) is 42.9 Å². The summed E-state index contributed by atoms with van der Waals surface area (Å²) in [5.74, 6) is -0.532. The van der Waals surface area contributed by atoms with Crippen LogP contribution in [0.2, 0.25) is 0 Å². The molecule has 0 saturated carbocycles. The molecule has 31 heavy (non-hydrogen) atoms. The average Bonchev–Trinajstić information content (AvgIpc) is 3.17. The Morgan fingerprint density at radius 3 is 2.55 bits per heavy atom. The SMILES string of the molecule is CNCc1cc(-c2ccccc2F)n(S(=O)(=O)c2cccc(OCC(=O)N(C)C)c2)c1. The highest BCUT2D eigenvalue weighted by Crippen LogP contribution is 2.30. The van der Waals surface area contributed by atoms with Gasteiger partial charge in [-0.1, -0.05) is 18.2 Å². The van der Waals surface area contributed by atoms with Crippen LogP contribution in [0.3, 0.4) is 0 Å². The Hall–Kier alpha value is -3.17. The van der Waals surface area contributed by atoms with Crippen LogP contribution < -0.4 is 10.1 Å². The Labute approximate surface area is 181 Å². The molecule has 7 nitrogen and oxygen atoms in total. The standard InChI is InChI=1S/C22H24FN3O4S/c1-24-13-16-11-21(19-9-4-5-10-20(19)23)26(14-16)31(28,29)18-8-6-7-17(12-18)30-15-22(27)25(2)3/h4-12,14,24H,13,15H2,1-3H3. The molecule has 0 unspecified atom stereocenters. The van der Waals surface area contributed by atoms with Gasteiger partial charge in [-0.2, -0.15) is 0 Å². The van der Waals surface area contributed by atoms with Crippen LogP contribution in [-0.4, -0.2) is 50.9 Å². The summed E-state index contributed by atoms with van der Waals surface area (Å²) in [6, 6.07) is 13.5. The number of nitrogens with zero attached hydrogens (tertiary/aromatic N) is 2. The van der Waals surface area contributed by atoms with Crippen molar-refractivity contribution in [1.29, 1.82) is 0 Å². The fourth-order valence-corrected chi connectivity index (χ4v) is 4.40. The number of rotatable bonds is 8. The number of ether oxygens (including phenoxy) is 1. The van der Waals surface area contributed by atoms with Crippen molar-refractivity contribution in [3.05, 3.63) is 72.2 Å². The lowest BCUT2D eigenvalue weighted by atomic mass is 10.1. The van der Waals surface area contributed by atoms with Crippen molar-refractivity contribution >= 4 is 15.9 Å². The molecular formula is C22H24FN3O4S. The largest absolute Gasteiger partial charge is 0.484 e. The fourth-order valence-electron chi connectivity index (χ4n) is 2.97. The summed E-state index contributed by atoms with van der Waals surface area (Å²) in [5.41, 5.74) is 1.09. The molecule has 0 spiro atoms. The number of nitrogens with one attached hydrogen (secondary N) is 1. The Morgan fingerprint density at radius 1 is 1.13 bits per heavy atom. The summed E-state index contributed by atoms with van der Waals surface area (Å²) in [4.78, 5) is 13.1. The maximum atomic E-state index is 14.5. The van der Waals surface area contributed by atoms with Crippen LogP contribution in [0.5, 0.6) is 5.75 Å². The van der Waals surface area contributed by atoms with Crippen molar-refractivity contribution in [1.82, 2.24) is 14.2 Å². The Kier molecular flexibility index (Phi) is 6.77. The molecule has 0 fully saturated rings. The zero-order valence-corrected chi connectivity index (χ0v) is 18.3. The minimum atomic E-state index is -4.06. The van der Waals surface area contributed by atoms with E-state index in [1.54, 1.807) is 45.4 Å². The first-order chi connectivity index (χ1) is 14.7. The number of aromatic nitrogens is 1. The van der Waals surface area contributed by atoms with Gasteiger partial charge in [-0.25, -0.2) is 16.8 Å². The molecule has 0 saturated heterocycles. The molecule has 3 aromatic rings. The summed E-state index contributed by atoms with van der Waals surface area (Å²) in [7, 11) is 0.884. The van der Waals surface area contributed by atoms with Gasteiger partial charge in [0.15, 0.2) is 6.61 Å². The summed E-state index contributed by atoms with van der Waals surface area (Å²) < 4.78 is 47.9. The van der Waals surface area contributed by atoms with Gasteiger partial charge in [0, 0.05) is 38.5 Å². The summed E-state index contributed by atoms with van der Waals surface area (Å²) >= 11 is 0. The third kappa shape index (κ3) is 4.95. The van der Waals surface area contributed by atoms with Crippen molar-refractivity contribution in [2.75, 3.05) is 27.7 Å². The lowest BCUT2D eigenvalue weighted by molar-refractivity contribution is -0.130. The first-order valence-electron chi connectivity index (χ1n) is 9.53. The molecule has 0 bridgehead atoms. The van der Waals surface area contributed by atoms with Gasteiger partial charge in [-0.3, -0.25) is 4.79 Å². The van der Waals surface area contributed by atoms with Crippen LogP contribution in [0.4, 0.5) is 4.39 Å². The van der Waals surface area contributed by atoms with Gasteiger partial charge in [0.05, 0.1) is 10.6 Å². The highest BCUT2D eigenvalue weighted by molar-refractivity contribution is 7.90.